The van der Waals surface area contributed by atoms with Crippen LogP contribution < -0.4 is 9.62 Å². The molecule has 0 heterocycles. The number of benzene rings is 4. The number of sulfonamides is 1. The van der Waals surface area contributed by atoms with Crippen molar-refractivity contribution in [3.8, 4) is 0 Å². The van der Waals surface area contributed by atoms with E-state index >= 15 is 0 Å². The first-order valence-corrected chi connectivity index (χ1v) is 13.3. The summed E-state index contributed by atoms with van der Waals surface area (Å²) in [7, 11) is -4.04. The molecule has 1 atom stereocenters. The van der Waals surface area contributed by atoms with Gasteiger partial charge in [-0.2, -0.15) is 0 Å². The molecule has 1 N–H and O–H groups in total. The molecule has 0 bridgehead atoms. The first-order chi connectivity index (χ1) is 17.2. The molecule has 0 unspecified atom stereocenters. The molecular formula is C29H27ClN2O3S. The molecule has 0 fully saturated rings. The fourth-order valence-electron chi connectivity index (χ4n) is 3.93. The predicted molar refractivity (Wildman–Crippen MR) is 145 cm³/mol. The van der Waals surface area contributed by atoms with Crippen LogP contribution in [0.15, 0.2) is 108 Å². The van der Waals surface area contributed by atoms with Gasteiger partial charge in [0.15, 0.2) is 0 Å². The van der Waals surface area contributed by atoms with E-state index in [2.05, 4.69) is 5.32 Å². The van der Waals surface area contributed by atoms with Gasteiger partial charge in [-0.3, -0.25) is 9.10 Å². The molecule has 36 heavy (non-hydrogen) atoms. The molecule has 0 aliphatic heterocycles. The molecule has 0 spiro atoms. The average Bonchev–Trinajstić information content (AvgIpc) is 2.87. The number of hydrogen-bond donors (Lipinski definition) is 1. The van der Waals surface area contributed by atoms with Crippen molar-refractivity contribution in [3.05, 3.63) is 130 Å². The van der Waals surface area contributed by atoms with Crippen molar-refractivity contribution in [1.82, 2.24) is 5.32 Å². The first-order valence-electron chi connectivity index (χ1n) is 11.5. The number of aryl methyl sites for hydroxylation is 2. The van der Waals surface area contributed by atoms with Crippen LogP contribution in [-0.4, -0.2) is 20.9 Å². The quantitative estimate of drug-likeness (QED) is 0.308. The molecule has 0 aromatic heterocycles. The maximum atomic E-state index is 13.7. The second-order valence-corrected chi connectivity index (χ2v) is 10.9. The summed E-state index contributed by atoms with van der Waals surface area (Å²) >= 11 is 5.97. The van der Waals surface area contributed by atoms with Gasteiger partial charge in [0.1, 0.15) is 6.54 Å². The number of rotatable bonds is 8. The van der Waals surface area contributed by atoms with Crippen LogP contribution in [-0.2, 0) is 14.8 Å². The van der Waals surface area contributed by atoms with Crippen LogP contribution in [0.5, 0.6) is 0 Å². The average molecular weight is 519 g/mol. The van der Waals surface area contributed by atoms with E-state index in [1.54, 1.807) is 18.2 Å². The van der Waals surface area contributed by atoms with Gasteiger partial charge in [0.2, 0.25) is 5.91 Å². The van der Waals surface area contributed by atoms with Gasteiger partial charge in [0, 0.05) is 5.02 Å². The maximum Gasteiger partial charge on any atom is 0.264 e. The zero-order valence-electron chi connectivity index (χ0n) is 20.1. The number of halogens is 1. The molecule has 0 aliphatic carbocycles. The smallest absolute Gasteiger partial charge is 0.264 e. The van der Waals surface area contributed by atoms with Crippen LogP contribution >= 0.6 is 11.6 Å². The Hall–Kier alpha value is -3.61. The Bertz CT molecular complexity index is 1440. The predicted octanol–water partition coefficient (Wildman–Crippen LogP) is 6.06. The Kier molecular flexibility index (Phi) is 7.77. The zero-order valence-corrected chi connectivity index (χ0v) is 21.6. The van der Waals surface area contributed by atoms with Crippen LogP contribution in [0.2, 0.25) is 5.02 Å². The van der Waals surface area contributed by atoms with Crippen molar-refractivity contribution in [3.63, 3.8) is 0 Å². The van der Waals surface area contributed by atoms with Gasteiger partial charge in [0.25, 0.3) is 10.0 Å². The molecule has 184 valence electrons. The highest BCUT2D eigenvalue weighted by Crippen LogP contribution is 2.27. The van der Waals surface area contributed by atoms with E-state index in [9.17, 15) is 13.2 Å². The van der Waals surface area contributed by atoms with Crippen molar-refractivity contribution in [2.75, 3.05) is 10.8 Å². The molecular weight excluding hydrogens is 492 g/mol. The topological polar surface area (TPSA) is 66.5 Å². The molecule has 7 heteroatoms. The van der Waals surface area contributed by atoms with Crippen LogP contribution in [0.25, 0.3) is 0 Å². The number of amides is 1. The van der Waals surface area contributed by atoms with Crippen LogP contribution in [0.4, 0.5) is 5.69 Å². The Morgan fingerprint density at radius 1 is 0.806 bits per heavy atom. The van der Waals surface area contributed by atoms with Crippen LogP contribution in [0, 0.1) is 13.8 Å². The Labute approximate surface area is 217 Å². The highest BCUT2D eigenvalue weighted by atomic mass is 35.5. The molecule has 0 saturated heterocycles. The number of hydrogen-bond acceptors (Lipinski definition) is 3. The summed E-state index contributed by atoms with van der Waals surface area (Å²) in [6.07, 6.45) is 0. The van der Waals surface area contributed by atoms with Crippen molar-refractivity contribution in [2.45, 2.75) is 24.8 Å². The van der Waals surface area contributed by atoms with E-state index < -0.39 is 22.0 Å². The summed E-state index contributed by atoms with van der Waals surface area (Å²) in [5.74, 6) is -0.427. The summed E-state index contributed by atoms with van der Waals surface area (Å²) in [4.78, 5) is 13.5. The molecule has 4 rings (SSSR count). The zero-order chi connectivity index (χ0) is 25.7. The Morgan fingerprint density at radius 2 is 1.44 bits per heavy atom. The van der Waals surface area contributed by atoms with Crippen LogP contribution in [0.1, 0.15) is 28.3 Å². The van der Waals surface area contributed by atoms with Gasteiger partial charge < -0.3 is 5.32 Å². The van der Waals surface area contributed by atoms with Crippen molar-refractivity contribution >= 4 is 33.2 Å². The van der Waals surface area contributed by atoms with Crippen LogP contribution in [0.3, 0.4) is 0 Å². The molecule has 4 aromatic carbocycles. The van der Waals surface area contributed by atoms with E-state index in [1.165, 1.54) is 24.3 Å². The van der Waals surface area contributed by atoms with Gasteiger partial charge in [-0.1, -0.05) is 83.9 Å². The maximum absolute atomic E-state index is 13.7. The summed E-state index contributed by atoms with van der Waals surface area (Å²) in [5, 5.41) is 3.48. The van der Waals surface area contributed by atoms with Gasteiger partial charge in [0.05, 0.1) is 16.6 Å². The third-order valence-electron chi connectivity index (χ3n) is 5.83. The number of nitrogens with zero attached hydrogens (tertiary/aromatic N) is 1. The van der Waals surface area contributed by atoms with E-state index in [0.29, 0.717) is 10.7 Å². The highest BCUT2D eigenvalue weighted by molar-refractivity contribution is 7.92. The summed E-state index contributed by atoms with van der Waals surface area (Å²) < 4.78 is 28.4. The lowest BCUT2D eigenvalue weighted by molar-refractivity contribution is -0.120. The number of anilines is 1. The van der Waals surface area contributed by atoms with E-state index in [0.717, 1.165) is 26.6 Å². The largest absolute Gasteiger partial charge is 0.344 e. The fraction of sp³-hybridized carbons (Fsp3) is 0.138. The minimum Gasteiger partial charge on any atom is -0.344 e. The first kappa shape index (κ1) is 25.5. The summed E-state index contributed by atoms with van der Waals surface area (Å²) in [6, 6.07) is 30.1. The van der Waals surface area contributed by atoms with Crippen molar-refractivity contribution in [2.24, 2.45) is 0 Å². The molecule has 0 aliphatic rings. The van der Waals surface area contributed by atoms with Gasteiger partial charge in [-0.05, 0) is 66.9 Å². The standard InChI is InChI=1S/C29H27ClN2O3S/c1-21-11-13-24(14-12-21)29(23-8-4-3-5-9-23)31-28(33)20-32(26-10-6-7-22(2)19-26)36(34,35)27-17-15-25(30)16-18-27/h3-19,29H,20H2,1-2H3,(H,31,33)/t29-/m0/s1. The van der Waals surface area contributed by atoms with E-state index in [1.807, 2.05) is 74.5 Å². The van der Waals surface area contributed by atoms with Crippen molar-refractivity contribution in [1.29, 1.82) is 0 Å². The number of carbonyl (C=O) groups excluding carboxylic acids is 1. The third kappa shape index (κ3) is 5.96. The van der Waals surface area contributed by atoms with Gasteiger partial charge >= 0.3 is 0 Å². The minimum atomic E-state index is -4.04. The second-order valence-electron chi connectivity index (χ2n) is 8.63. The molecule has 4 aromatic rings. The molecule has 5 nitrogen and oxygen atoms in total. The molecule has 0 radical (unpaired) electrons. The third-order valence-corrected chi connectivity index (χ3v) is 7.87. The summed E-state index contributed by atoms with van der Waals surface area (Å²) in [6.45, 7) is 3.49. The lowest BCUT2D eigenvalue weighted by Gasteiger charge is -2.26. The Morgan fingerprint density at radius 3 is 2.08 bits per heavy atom. The van der Waals surface area contributed by atoms with Gasteiger partial charge in [-0.15, -0.1) is 0 Å². The minimum absolute atomic E-state index is 0.0550. The van der Waals surface area contributed by atoms with Gasteiger partial charge in [-0.25, -0.2) is 8.42 Å². The monoisotopic (exact) mass is 518 g/mol. The Balaban J connectivity index is 1.68. The summed E-state index contributed by atoms with van der Waals surface area (Å²) in [5.41, 5.74) is 4.20. The fourth-order valence-corrected chi connectivity index (χ4v) is 5.47. The number of carbonyl (C=O) groups is 1. The van der Waals surface area contributed by atoms with E-state index in [4.69, 9.17) is 11.6 Å². The highest BCUT2D eigenvalue weighted by Gasteiger charge is 2.28. The van der Waals surface area contributed by atoms with E-state index in [-0.39, 0.29) is 11.4 Å². The second kappa shape index (κ2) is 11.0. The normalized spacial score (nSPS) is 12.1. The lowest BCUT2D eigenvalue weighted by atomic mass is 9.98. The van der Waals surface area contributed by atoms with Crippen molar-refractivity contribution < 1.29 is 13.2 Å². The SMILES string of the molecule is Cc1ccc([C@@H](NC(=O)CN(c2cccc(C)c2)S(=O)(=O)c2ccc(Cl)cc2)c2ccccc2)cc1. The lowest BCUT2D eigenvalue weighted by Crippen LogP contribution is -2.42. The number of nitrogens with one attached hydrogen (secondary N) is 1. The molecule has 1 amide bonds. The molecule has 0 saturated carbocycles.